The molecular formula is C17H22O3. The first-order valence-corrected chi connectivity index (χ1v) is 6.93. The van der Waals surface area contributed by atoms with E-state index in [0.29, 0.717) is 5.76 Å². The molecule has 1 heterocycles. The molecule has 0 saturated heterocycles. The fourth-order valence-electron chi connectivity index (χ4n) is 1.65. The van der Waals surface area contributed by atoms with Gasteiger partial charge in [0.05, 0.1) is 5.56 Å². The van der Waals surface area contributed by atoms with E-state index in [1.54, 1.807) is 6.08 Å². The molecule has 0 bridgehead atoms. The van der Waals surface area contributed by atoms with Crippen molar-refractivity contribution in [1.82, 2.24) is 0 Å². The molecule has 0 unspecified atom stereocenters. The van der Waals surface area contributed by atoms with Crippen LogP contribution in [0.4, 0.5) is 0 Å². The van der Waals surface area contributed by atoms with Gasteiger partial charge in [0, 0.05) is 6.07 Å². The Morgan fingerprint density at radius 2 is 1.90 bits per heavy atom. The number of allylic oxidation sites excluding steroid dienone is 5. The summed E-state index contributed by atoms with van der Waals surface area (Å²) in [6.45, 7) is 3.53. The van der Waals surface area contributed by atoms with Crippen molar-refractivity contribution in [3.05, 3.63) is 58.2 Å². The fraction of sp³-hybridized carbons (Fsp3) is 0.353. The molecule has 0 spiro atoms. The summed E-state index contributed by atoms with van der Waals surface area (Å²) in [5.41, 5.74) is -0.242. The van der Waals surface area contributed by atoms with Crippen LogP contribution < -0.4 is 5.63 Å². The molecular weight excluding hydrogens is 252 g/mol. The molecule has 0 amide bonds. The highest BCUT2D eigenvalue weighted by Crippen LogP contribution is 2.15. The highest BCUT2D eigenvalue weighted by molar-refractivity contribution is 5.46. The van der Waals surface area contributed by atoms with Crippen molar-refractivity contribution in [3.8, 4) is 5.75 Å². The van der Waals surface area contributed by atoms with E-state index >= 15 is 0 Å². The molecule has 20 heavy (non-hydrogen) atoms. The lowest BCUT2D eigenvalue weighted by molar-refractivity contribution is 0.436. The SMILES string of the molecule is C/C=C/C=C/CCCC/C=C/c1cc(O)c(C)c(=O)o1. The van der Waals surface area contributed by atoms with E-state index in [4.69, 9.17) is 4.42 Å². The van der Waals surface area contributed by atoms with Crippen LogP contribution in [0, 0.1) is 6.92 Å². The zero-order chi connectivity index (χ0) is 14.8. The van der Waals surface area contributed by atoms with Crippen LogP contribution in [0.5, 0.6) is 5.75 Å². The van der Waals surface area contributed by atoms with Gasteiger partial charge < -0.3 is 9.52 Å². The third-order valence-corrected chi connectivity index (χ3v) is 2.89. The monoisotopic (exact) mass is 274 g/mol. The Labute approximate surface area is 120 Å². The van der Waals surface area contributed by atoms with Crippen LogP contribution in [0.3, 0.4) is 0 Å². The molecule has 1 rings (SSSR count). The van der Waals surface area contributed by atoms with Crippen molar-refractivity contribution in [3.63, 3.8) is 0 Å². The number of hydrogen-bond acceptors (Lipinski definition) is 3. The van der Waals surface area contributed by atoms with Crippen LogP contribution in [0.15, 0.2) is 45.7 Å². The average molecular weight is 274 g/mol. The second-order valence-corrected chi connectivity index (χ2v) is 4.59. The van der Waals surface area contributed by atoms with Crippen LogP contribution in [-0.2, 0) is 0 Å². The van der Waals surface area contributed by atoms with Crippen molar-refractivity contribution in [2.24, 2.45) is 0 Å². The highest BCUT2D eigenvalue weighted by atomic mass is 16.4. The summed E-state index contributed by atoms with van der Waals surface area (Å²) in [6.07, 6.45) is 16.1. The number of aromatic hydroxyl groups is 1. The number of unbranched alkanes of at least 4 members (excludes halogenated alkanes) is 3. The zero-order valence-corrected chi connectivity index (χ0v) is 12.1. The Morgan fingerprint density at radius 1 is 1.20 bits per heavy atom. The average Bonchev–Trinajstić information content (AvgIpc) is 2.43. The van der Waals surface area contributed by atoms with E-state index < -0.39 is 5.63 Å². The third kappa shape index (κ3) is 5.74. The Kier molecular flexibility index (Phi) is 7.18. The summed E-state index contributed by atoms with van der Waals surface area (Å²) in [5, 5.41) is 9.52. The second kappa shape index (κ2) is 8.97. The van der Waals surface area contributed by atoms with Crippen LogP contribution in [0.2, 0.25) is 0 Å². The molecule has 0 atom stereocenters. The lowest BCUT2D eigenvalue weighted by Gasteiger charge is -1.98. The molecule has 1 aromatic rings. The molecule has 0 aliphatic heterocycles. The first-order chi connectivity index (χ1) is 9.65. The maximum atomic E-state index is 11.3. The predicted octanol–water partition coefficient (Wildman–Crippen LogP) is 4.36. The van der Waals surface area contributed by atoms with E-state index in [1.807, 2.05) is 25.2 Å². The number of hydrogen-bond donors (Lipinski definition) is 1. The van der Waals surface area contributed by atoms with Crippen LogP contribution in [-0.4, -0.2) is 5.11 Å². The van der Waals surface area contributed by atoms with Crippen molar-refractivity contribution in [1.29, 1.82) is 0 Å². The summed E-state index contributed by atoms with van der Waals surface area (Å²) in [6, 6.07) is 1.47. The van der Waals surface area contributed by atoms with Gasteiger partial charge in [-0.15, -0.1) is 0 Å². The molecule has 0 fully saturated rings. The van der Waals surface area contributed by atoms with Gasteiger partial charge in [-0.2, -0.15) is 0 Å². The van der Waals surface area contributed by atoms with E-state index in [1.165, 1.54) is 13.0 Å². The minimum absolute atomic E-state index is 0.0185. The lowest BCUT2D eigenvalue weighted by atomic mass is 10.1. The normalized spacial score (nSPS) is 12.1. The largest absolute Gasteiger partial charge is 0.507 e. The smallest absolute Gasteiger partial charge is 0.342 e. The molecule has 0 aromatic carbocycles. The maximum absolute atomic E-state index is 11.3. The van der Waals surface area contributed by atoms with E-state index in [0.717, 1.165) is 25.7 Å². The van der Waals surface area contributed by atoms with E-state index in [-0.39, 0.29) is 11.3 Å². The van der Waals surface area contributed by atoms with E-state index in [9.17, 15) is 9.90 Å². The highest BCUT2D eigenvalue weighted by Gasteiger charge is 2.03. The van der Waals surface area contributed by atoms with Gasteiger partial charge in [0.2, 0.25) is 0 Å². The Balaban J connectivity index is 2.33. The van der Waals surface area contributed by atoms with Crippen LogP contribution in [0.1, 0.15) is 43.9 Å². The van der Waals surface area contributed by atoms with Gasteiger partial charge >= 0.3 is 5.63 Å². The molecule has 3 nitrogen and oxygen atoms in total. The van der Waals surface area contributed by atoms with Gasteiger partial charge in [-0.05, 0) is 45.6 Å². The first-order valence-electron chi connectivity index (χ1n) is 6.93. The first kappa shape index (κ1) is 16.0. The topological polar surface area (TPSA) is 50.4 Å². The second-order valence-electron chi connectivity index (χ2n) is 4.59. The van der Waals surface area contributed by atoms with E-state index in [2.05, 4.69) is 12.2 Å². The van der Waals surface area contributed by atoms with Gasteiger partial charge in [-0.25, -0.2) is 4.79 Å². The van der Waals surface area contributed by atoms with Crippen molar-refractivity contribution in [2.75, 3.05) is 0 Å². The summed E-state index contributed by atoms with van der Waals surface area (Å²) in [4.78, 5) is 11.3. The van der Waals surface area contributed by atoms with Crippen molar-refractivity contribution in [2.45, 2.75) is 39.5 Å². The van der Waals surface area contributed by atoms with Gasteiger partial charge in [0.25, 0.3) is 0 Å². The van der Waals surface area contributed by atoms with Crippen LogP contribution >= 0.6 is 0 Å². The van der Waals surface area contributed by atoms with Crippen molar-refractivity contribution >= 4 is 6.08 Å². The summed E-state index contributed by atoms with van der Waals surface area (Å²) < 4.78 is 5.04. The van der Waals surface area contributed by atoms with Gasteiger partial charge in [-0.3, -0.25) is 0 Å². The summed E-state index contributed by atoms with van der Waals surface area (Å²) in [5.74, 6) is 0.376. The lowest BCUT2D eigenvalue weighted by Crippen LogP contribution is -2.03. The molecule has 108 valence electrons. The van der Waals surface area contributed by atoms with Crippen molar-refractivity contribution < 1.29 is 9.52 Å². The predicted molar refractivity (Wildman–Crippen MR) is 82.8 cm³/mol. The van der Waals surface area contributed by atoms with Gasteiger partial charge in [0.15, 0.2) is 0 Å². The molecule has 1 N–H and O–H groups in total. The summed E-state index contributed by atoms with van der Waals surface area (Å²) >= 11 is 0. The minimum Gasteiger partial charge on any atom is -0.507 e. The standard InChI is InChI=1S/C17H22O3/c1-3-4-5-6-7-8-9-10-11-12-15-13-16(18)14(2)17(19)20-15/h3-6,11-13,18H,7-10H2,1-2H3/b4-3+,6-5+,12-11+. The number of rotatable bonds is 7. The maximum Gasteiger partial charge on any atom is 0.342 e. The molecule has 0 aliphatic rings. The zero-order valence-electron chi connectivity index (χ0n) is 12.1. The molecule has 0 radical (unpaired) electrons. The Bertz CT molecular complexity index is 548. The van der Waals surface area contributed by atoms with Gasteiger partial charge in [0.1, 0.15) is 11.5 Å². The fourth-order valence-corrected chi connectivity index (χ4v) is 1.65. The molecule has 1 aromatic heterocycles. The third-order valence-electron chi connectivity index (χ3n) is 2.89. The quantitative estimate of drug-likeness (QED) is 0.593. The van der Waals surface area contributed by atoms with Crippen LogP contribution in [0.25, 0.3) is 6.08 Å². The molecule has 3 heteroatoms. The Hall–Kier alpha value is -2.03. The molecule has 0 saturated carbocycles. The Morgan fingerprint density at radius 3 is 2.55 bits per heavy atom. The summed E-state index contributed by atoms with van der Waals surface area (Å²) in [7, 11) is 0. The minimum atomic E-state index is -0.487. The van der Waals surface area contributed by atoms with Gasteiger partial charge in [-0.1, -0.05) is 30.4 Å². The molecule has 0 aliphatic carbocycles.